The van der Waals surface area contributed by atoms with Gasteiger partial charge in [-0.1, -0.05) is 31.9 Å². The third kappa shape index (κ3) is 2.78. The van der Waals surface area contributed by atoms with Crippen molar-refractivity contribution in [1.29, 1.82) is 0 Å². The van der Waals surface area contributed by atoms with Crippen molar-refractivity contribution in [2.75, 3.05) is 0 Å². The lowest BCUT2D eigenvalue weighted by Gasteiger charge is -2.13. The van der Waals surface area contributed by atoms with Crippen LogP contribution in [0.15, 0.2) is 32.5 Å². The highest BCUT2D eigenvalue weighted by Crippen LogP contribution is 2.39. The Bertz CT molecular complexity index is 548. The predicted octanol–water partition coefficient (Wildman–Crippen LogP) is 6.22. The van der Waals surface area contributed by atoms with Crippen LogP contribution in [0.5, 0.6) is 0 Å². The van der Waals surface area contributed by atoms with Crippen LogP contribution in [0, 0.1) is 13.8 Å². The summed E-state index contributed by atoms with van der Waals surface area (Å²) in [6.45, 7) is 4.16. The Morgan fingerprint density at radius 3 is 2.41 bits per heavy atom. The first kappa shape index (κ1) is 13.6. The second-order valence-corrected chi connectivity index (χ2v) is 7.05. The number of hydrogen-bond acceptors (Lipinski definition) is 1. The van der Waals surface area contributed by atoms with Crippen molar-refractivity contribution in [3.63, 3.8) is 0 Å². The third-order valence-electron chi connectivity index (χ3n) is 2.68. The second-order valence-electron chi connectivity index (χ2n) is 3.95. The zero-order valence-corrected chi connectivity index (χ0v) is 14.2. The lowest BCUT2D eigenvalue weighted by Crippen LogP contribution is -1.95. The van der Waals surface area contributed by atoms with Gasteiger partial charge in [0.2, 0.25) is 0 Å². The minimum absolute atomic E-state index is 0.0960. The normalized spacial score (nSPS) is 12.8. The fraction of sp³-hybridized carbons (Fsp3) is 0.231. The summed E-state index contributed by atoms with van der Waals surface area (Å²) in [5, 5.41) is 1.98. The maximum absolute atomic E-state index is 6.57. The van der Waals surface area contributed by atoms with Crippen LogP contribution in [-0.2, 0) is 0 Å². The quantitative estimate of drug-likeness (QED) is 0.531. The predicted molar refractivity (Wildman–Crippen MR) is 83.3 cm³/mol. The molecule has 1 heterocycles. The minimum atomic E-state index is -0.0960. The summed E-state index contributed by atoms with van der Waals surface area (Å²) in [4.78, 5) is 1.21. The molecule has 4 heteroatoms. The highest BCUT2D eigenvalue weighted by molar-refractivity contribution is 9.11. The van der Waals surface area contributed by atoms with Crippen molar-refractivity contribution in [2.45, 2.75) is 19.2 Å². The van der Waals surface area contributed by atoms with Crippen molar-refractivity contribution < 1.29 is 0 Å². The Morgan fingerprint density at radius 1 is 1.12 bits per heavy atom. The molecule has 0 saturated carbocycles. The topological polar surface area (TPSA) is 0 Å². The highest BCUT2D eigenvalue weighted by Gasteiger charge is 2.18. The number of alkyl halides is 1. The molecule has 0 N–H and O–H groups in total. The van der Waals surface area contributed by atoms with Gasteiger partial charge in [0, 0.05) is 13.8 Å². The van der Waals surface area contributed by atoms with Crippen molar-refractivity contribution >= 4 is 54.8 Å². The average Bonchev–Trinajstić information content (AvgIpc) is 2.69. The van der Waals surface area contributed by atoms with E-state index < -0.39 is 0 Å². The molecule has 0 aliphatic heterocycles. The Hall–Kier alpha value is 0.170. The number of halogens is 3. The van der Waals surface area contributed by atoms with Crippen molar-refractivity contribution in [1.82, 2.24) is 0 Å². The van der Waals surface area contributed by atoms with E-state index in [1.54, 1.807) is 11.3 Å². The summed E-state index contributed by atoms with van der Waals surface area (Å²) in [5.41, 5.74) is 3.56. The van der Waals surface area contributed by atoms with E-state index in [-0.39, 0.29) is 5.38 Å². The van der Waals surface area contributed by atoms with Crippen LogP contribution in [0.4, 0.5) is 0 Å². The van der Waals surface area contributed by atoms with E-state index in [1.807, 2.05) is 0 Å². The van der Waals surface area contributed by atoms with Crippen LogP contribution in [0.2, 0.25) is 0 Å². The van der Waals surface area contributed by atoms with E-state index in [0.29, 0.717) is 0 Å². The SMILES string of the molecule is Cc1cc(Br)c(C(Cl)c2sccc2C)cc1Br. The molecule has 90 valence electrons. The third-order valence-corrected chi connectivity index (χ3v) is 5.89. The van der Waals surface area contributed by atoms with Crippen molar-refractivity contribution in [3.8, 4) is 0 Å². The van der Waals surface area contributed by atoms with Gasteiger partial charge in [0.15, 0.2) is 0 Å². The van der Waals surface area contributed by atoms with Gasteiger partial charge in [-0.25, -0.2) is 0 Å². The van der Waals surface area contributed by atoms with Gasteiger partial charge in [-0.05, 0) is 54.1 Å². The smallest absolute Gasteiger partial charge is 0.0941 e. The first-order valence-corrected chi connectivity index (χ1v) is 8.04. The Labute approximate surface area is 127 Å². The van der Waals surface area contributed by atoms with E-state index >= 15 is 0 Å². The first-order valence-electron chi connectivity index (χ1n) is 5.14. The van der Waals surface area contributed by atoms with Crippen LogP contribution in [0.3, 0.4) is 0 Å². The number of benzene rings is 1. The Morgan fingerprint density at radius 2 is 1.82 bits per heavy atom. The van der Waals surface area contributed by atoms with E-state index in [2.05, 4.69) is 69.3 Å². The molecule has 0 aliphatic carbocycles. The molecule has 0 amide bonds. The maximum atomic E-state index is 6.57. The van der Waals surface area contributed by atoms with Gasteiger partial charge in [-0.15, -0.1) is 22.9 Å². The van der Waals surface area contributed by atoms with Gasteiger partial charge < -0.3 is 0 Å². The van der Waals surface area contributed by atoms with Gasteiger partial charge in [0.25, 0.3) is 0 Å². The van der Waals surface area contributed by atoms with E-state index in [9.17, 15) is 0 Å². The van der Waals surface area contributed by atoms with E-state index in [4.69, 9.17) is 11.6 Å². The molecule has 0 radical (unpaired) electrons. The van der Waals surface area contributed by atoms with Crippen LogP contribution < -0.4 is 0 Å². The summed E-state index contributed by atoms with van der Waals surface area (Å²) in [5.74, 6) is 0. The summed E-state index contributed by atoms with van der Waals surface area (Å²) in [6, 6.07) is 6.29. The fourth-order valence-electron chi connectivity index (χ4n) is 1.64. The van der Waals surface area contributed by atoms with Gasteiger partial charge in [0.05, 0.1) is 5.38 Å². The van der Waals surface area contributed by atoms with Gasteiger partial charge in [-0.2, -0.15) is 0 Å². The number of thiophene rings is 1. The van der Waals surface area contributed by atoms with Crippen LogP contribution in [0.25, 0.3) is 0 Å². The lowest BCUT2D eigenvalue weighted by atomic mass is 10.1. The first-order chi connectivity index (χ1) is 8.00. The molecule has 0 fully saturated rings. The lowest BCUT2D eigenvalue weighted by molar-refractivity contribution is 1.13. The molecule has 0 saturated heterocycles. The fourth-order valence-corrected chi connectivity index (χ4v) is 4.25. The molecule has 17 heavy (non-hydrogen) atoms. The molecule has 0 aliphatic rings. The van der Waals surface area contributed by atoms with E-state index in [1.165, 1.54) is 16.0 Å². The molecule has 1 atom stereocenters. The summed E-state index contributed by atoms with van der Waals surface area (Å²) >= 11 is 15.4. The molecule has 0 nitrogen and oxygen atoms in total. The van der Waals surface area contributed by atoms with Crippen molar-refractivity contribution in [3.05, 3.63) is 54.1 Å². The molecule has 2 aromatic rings. The largest absolute Gasteiger partial charge is 0.147 e. The summed E-state index contributed by atoms with van der Waals surface area (Å²) < 4.78 is 2.15. The van der Waals surface area contributed by atoms with Crippen LogP contribution >= 0.6 is 54.8 Å². The summed E-state index contributed by atoms with van der Waals surface area (Å²) in [6.07, 6.45) is 0. The highest BCUT2D eigenvalue weighted by atomic mass is 79.9. The molecule has 1 aromatic heterocycles. The number of aryl methyl sites for hydroxylation is 2. The van der Waals surface area contributed by atoms with Crippen molar-refractivity contribution in [2.24, 2.45) is 0 Å². The molecule has 0 bridgehead atoms. The minimum Gasteiger partial charge on any atom is -0.147 e. The summed E-state index contributed by atoms with van der Waals surface area (Å²) in [7, 11) is 0. The zero-order valence-electron chi connectivity index (χ0n) is 9.43. The molecule has 0 spiro atoms. The Balaban J connectivity index is 2.48. The molecular formula is C13H11Br2ClS. The molecule has 1 unspecified atom stereocenters. The van der Waals surface area contributed by atoms with Crippen LogP contribution in [0.1, 0.15) is 26.9 Å². The maximum Gasteiger partial charge on any atom is 0.0941 e. The van der Waals surface area contributed by atoms with Gasteiger partial charge >= 0.3 is 0 Å². The second kappa shape index (κ2) is 5.43. The van der Waals surface area contributed by atoms with E-state index in [0.717, 1.165) is 14.5 Å². The monoisotopic (exact) mass is 392 g/mol. The number of hydrogen-bond donors (Lipinski definition) is 0. The van der Waals surface area contributed by atoms with Crippen LogP contribution in [-0.4, -0.2) is 0 Å². The molecule has 2 rings (SSSR count). The van der Waals surface area contributed by atoms with Gasteiger partial charge in [-0.3, -0.25) is 0 Å². The standard InChI is InChI=1S/C13H11Br2ClS/c1-7-3-4-17-13(7)12(16)9-6-10(14)8(2)5-11(9)15/h3-6,12H,1-2H3. The zero-order chi connectivity index (χ0) is 12.6. The molecule has 1 aromatic carbocycles. The Kier molecular flexibility index (Phi) is 4.35. The molecular weight excluding hydrogens is 383 g/mol. The van der Waals surface area contributed by atoms with Gasteiger partial charge in [0.1, 0.15) is 0 Å². The average molecular weight is 395 g/mol. The number of rotatable bonds is 2.